The summed E-state index contributed by atoms with van der Waals surface area (Å²) in [6.45, 7) is 0.814. The Morgan fingerprint density at radius 2 is 1.43 bits per heavy atom. The van der Waals surface area contributed by atoms with Crippen LogP contribution in [0.2, 0.25) is 0 Å². The summed E-state index contributed by atoms with van der Waals surface area (Å²) < 4.78 is 0. The van der Waals surface area contributed by atoms with E-state index in [1.54, 1.807) is 0 Å². The lowest BCUT2D eigenvalue weighted by molar-refractivity contribution is 1.10. The fourth-order valence-corrected chi connectivity index (χ4v) is 2.36. The molecule has 3 aromatic rings. The van der Waals surface area contributed by atoms with Gasteiger partial charge in [0.15, 0.2) is 0 Å². The Morgan fingerprint density at radius 1 is 0.714 bits per heavy atom. The Balaban J connectivity index is 1.73. The number of nitrogens with one attached hydrogen (secondary N) is 1. The Bertz CT molecular complexity index is 678. The zero-order valence-corrected chi connectivity index (χ0v) is 11.9. The van der Waals surface area contributed by atoms with Crippen molar-refractivity contribution in [3.05, 3.63) is 95.8 Å². The van der Waals surface area contributed by atoms with Crippen molar-refractivity contribution >= 4 is 5.69 Å². The monoisotopic (exact) mass is 274 g/mol. The lowest BCUT2D eigenvalue weighted by Crippen LogP contribution is -2.02. The number of pyridine rings is 1. The van der Waals surface area contributed by atoms with E-state index in [0.29, 0.717) is 0 Å². The van der Waals surface area contributed by atoms with Crippen molar-refractivity contribution in [2.45, 2.75) is 13.0 Å². The summed E-state index contributed by atoms with van der Waals surface area (Å²) in [4.78, 5) is 4.05. The van der Waals surface area contributed by atoms with Crippen molar-refractivity contribution in [1.82, 2.24) is 4.98 Å². The molecule has 0 aliphatic rings. The van der Waals surface area contributed by atoms with Crippen LogP contribution in [0.1, 0.15) is 16.7 Å². The third kappa shape index (κ3) is 3.69. The van der Waals surface area contributed by atoms with Crippen LogP contribution in [0.25, 0.3) is 0 Å². The Kier molecular flexibility index (Phi) is 4.27. The lowest BCUT2D eigenvalue weighted by atomic mass is 10.0. The quantitative estimate of drug-likeness (QED) is 0.751. The van der Waals surface area contributed by atoms with Crippen molar-refractivity contribution in [3.8, 4) is 0 Å². The van der Waals surface area contributed by atoms with E-state index in [4.69, 9.17) is 0 Å². The van der Waals surface area contributed by atoms with Gasteiger partial charge in [0.2, 0.25) is 0 Å². The summed E-state index contributed by atoms with van der Waals surface area (Å²) in [6, 6.07) is 23.1. The molecule has 21 heavy (non-hydrogen) atoms. The van der Waals surface area contributed by atoms with E-state index < -0.39 is 0 Å². The predicted molar refractivity (Wildman–Crippen MR) is 87.3 cm³/mol. The van der Waals surface area contributed by atoms with Crippen LogP contribution in [0, 0.1) is 0 Å². The maximum atomic E-state index is 4.05. The highest BCUT2D eigenvalue weighted by Crippen LogP contribution is 2.19. The molecule has 0 aliphatic carbocycles. The Labute approximate surface area is 125 Å². The standard InChI is InChI=1S/C19H18N2/c1-2-6-16(7-3-1)14-18-8-4-5-9-19(18)21-15-17-10-12-20-13-11-17/h1-13,21H,14-15H2. The van der Waals surface area contributed by atoms with E-state index in [1.807, 2.05) is 24.5 Å². The molecule has 0 fully saturated rings. The number of nitrogens with zero attached hydrogens (tertiary/aromatic N) is 1. The van der Waals surface area contributed by atoms with Crippen molar-refractivity contribution in [1.29, 1.82) is 0 Å². The third-order valence-electron chi connectivity index (χ3n) is 3.49. The average molecular weight is 274 g/mol. The second-order valence-electron chi connectivity index (χ2n) is 5.03. The normalized spacial score (nSPS) is 10.3. The molecular weight excluding hydrogens is 256 g/mol. The molecule has 1 N–H and O–H groups in total. The van der Waals surface area contributed by atoms with E-state index >= 15 is 0 Å². The summed E-state index contributed by atoms with van der Waals surface area (Å²) in [7, 11) is 0. The van der Waals surface area contributed by atoms with Gasteiger partial charge in [0.05, 0.1) is 0 Å². The van der Waals surface area contributed by atoms with E-state index in [2.05, 4.69) is 64.9 Å². The molecule has 2 nitrogen and oxygen atoms in total. The molecule has 0 atom stereocenters. The number of hydrogen-bond donors (Lipinski definition) is 1. The van der Waals surface area contributed by atoms with E-state index in [1.165, 1.54) is 22.4 Å². The molecule has 0 radical (unpaired) electrons. The second kappa shape index (κ2) is 6.71. The first-order valence-corrected chi connectivity index (χ1v) is 7.16. The first kappa shape index (κ1) is 13.4. The molecule has 104 valence electrons. The highest BCUT2D eigenvalue weighted by molar-refractivity contribution is 5.53. The van der Waals surface area contributed by atoms with Crippen LogP contribution in [0.3, 0.4) is 0 Å². The first-order chi connectivity index (χ1) is 10.4. The molecule has 0 saturated heterocycles. The first-order valence-electron chi connectivity index (χ1n) is 7.16. The number of rotatable bonds is 5. The molecule has 0 saturated carbocycles. The molecule has 0 amide bonds. The number of benzene rings is 2. The van der Waals surface area contributed by atoms with Crippen molar-refractivity contribution in [2.75, 3.05) is 5.32 Å². The van der Waals surface area contributed by atoms with Crippen LogP contribution in [0.4, 0.5) is 5.69 Å². The summed E-state index contributed by atoms with van der Waals surface area (Å²) in [5, 5.41) is 3.52. The summed E-state index contributed by atoms with van der Waals surface area (Å²) in [6.07, 6.45) is 4.60. The highest BCUT2D eigenvalue weighted by Gasteiger charge is 2.02. The van der Waals surface area contributed by atoms with Crippen LogP contribution < -0.4 is 5.32 Å². The van der Waals surface area contributed by atoms with Gasteiger partial charge in [-0.05, 0) is 41.3 Å². The predicted octanol–water partition coefficient (Wildman–Crippen LogP) is 4.28. The zero-order valence-electron chi connectivity index (χ0n) is 11.9. The number of anilines is 1. The number of para-hydroxylation sites is 1. The van der Waals surface area contributed by atoms with Crippen LogP contribution in [0.15, 0.2) is 79.1 Å². The Hall–Kier alpha value is -2.61. The maximum Gasteiger partial charge on any atom is 0.0402 e. The highest BCUT2D eigenvalue weighted by atomic mass is 14.9. The molecule has 0 spiro atoms. The van der Waals surface area contributed by atoms with Gasteiger partial charge in [0.1, 0.15) is 0 Å². The molecule has 3 rings (SSSR count). The topological polar surface area (TPSA) is 24.9 Å². The fourth-order valence-electron chi connectivity index (χ4n) is 2.36. The van der Waals surface area contributed by atoms with Crippen LogP contribution in [-0.2, 0) is 13.0 Å². The Morgan fingerprint density at radius 3 is 2.24 bits per heavy atom. The second-order valence-corrected chi connectivity index (χ2v) is 5.03. The van der Waals surface area contributed by atoms with Gasteiger partial charge in [0.25, 0.3) is 0 Å². The molecule has 1 heterocycles. The number of aromatic nitrogens is 1. The minimum absolute atomic E-state index is 0.814. The molecule has 0 aliphatic heterocycles. The molecule has 0 unspecified atom stereocenters. The summed E-state index contributed by atoms with van der Waals surface area (Å²) in [5.74, 6) is 0. The van der Waals surface area contributed by atoms with Gasteiger partial charge < -0.3 is 5.32 Å². The van der Waals surface area contributed by atoms with E-state index in [9.17, 15) is 0 Å². The van der Waals surface area contributed by atoms with Gasteiger partial charge in [-0.3, -0.25) is 4.98 Å². The smallest absolute Gasteiger partial charge is 0.0402 e. The van der Waals surface area contributed by atoms with Crippen molar-refractivity contribution < 1.29 is 0 Å². The summed E-state index contributed by atoms with van der Waals surface area (Å²) >= 11 is 0. The van der Waals surface area contributed by atoms with Gasteiger partial charge >= 0.3 is 0 Å². The minimum atomic E-state index is 0.814. The molecule has 0 bridgehead atoms. The average Bonchev–Trinajstić information content (AvgIpc) is 2.56. The van der Waals surface area contributed by atoms with Gasteiger partial charge in [-0.2, -0.15) is 0 Å². The maximum absolute atomic E-state index is 4.05. The van der Waals surface area contributed by atoms with Crippen molar-refractivity contribution in [2.24, 2.45) is 0 Å². The minimum Gasteiger partial charge on any atom is -0.381 e. The van der Waals surface area contributed by atoms with Gasteiger partial charge in [0, 0.05) is 24.6 Å². The van der Waals surface area contributed by atoms with Crippen LogP contribution in [-0.4, -0.2) is 4.98 Å². The fraction of sp³-hybridized carbons (Fsp3) is 0.105. The third-order valence-corrected chi connectivity index (χ3v) is 3.49. The molecule has 1 aromatic heterocycles. The largest absolute Gasteiger partial charge is 0.381 e. The lowest BCUT2D eigenvalue weighted by Gasteiger charge is -2.12. The summed E-state index contributed by atoms with van der Waals surface area (Å²) in [5.41, 5.74) is 5.08. The van der Waals surface area contributed by atoms with Crippen molar-refractivity contribution in [3.63, 3.8) is 0 Å². The van der Waals surface area contributed by atoms with E-state index in [0.717, 1.165) is 13.0 Å². The van der Waals surface area contributed by atoms with Gasteiger partial charge in [-0.15, -0.1) is 0 Å². The van der Waals surface area contributed by atoms with Gasteiger partial charge in [-0.1, -0.05) is 48.5 Å². The number of hydrogen-bond acceptors (Lipinski definition) is 2. The molecular formula is C19H18N2. The molecule has 2 aromatic carbocycles. The molecule has 2 heteroatoms. The van der Waals surface area contributed by atoms with Gasteiger partial charge in [-0.25, -0.2) is 0 Å². The van der Waals surface area contributed by atoms with Crippen LogP contribution >= 0.6 is 0 Å². The SMILES string of the molecule is c1ccc(Cc2ccccc2NCc2ccncc2)cc1. The van der Waals surface area contributed by atoms with Crippen LogP contribution in [0.5, 0.6) is 0 Å². The zero-order chi connectivity index (χ0) is 14.3. The van der Waals surface area contributed by atoms with E-state index in [-0.39, 0.29) is 0 Å².